The summed E-state index contributed by atoms with van der Waals surface area (Å²) in [5, 5.41) is 10.8. The van der Waals surface area contributed by atoms with E-state index in [0.717, 1.165) is 0 Å². The number of carbonyl (C=O) groups excluding carboxylic acids is 1. The van der Waals surface area contributed by atoms with Crippen LogP contribution in [0.1, 0.15) is 15.9 Å². The Bertz CT molecular complexity index is 817. The Labute approximate surface area is 147 Å². The number of nitro benzene ring substituents is 1. The van der Waals surface area contributed by atoms with Gasteiger partial charge in [-0.25, -0.2) is 0 Å². The van der Waals surface area contributed by atoms with Gasteiger partial charge < -0.3 is 9.47 Å². The molecule has 0 spiro atoms. The molecule has 0 aromatic heterocycles. The van der Waals surface area contributed by atoms with E-state index in [1.807, 2.05) is 0 Å². The van der Waals surface area contributed by atoms with Crippen LogP contribution in [0.2, 0.25) is 0 Å². The van der Waals surface area contributed by atoms with Crippen LogP contribution in [0.4, 0.5) is 5.69 Å². The molecule has 0 saturated heterocycles. The largest absolute Gasteiger partial charge is 0.493 e. The van der Waals surface area contributed by atoms with Crippen molar-refractivity contribution in [2.24, 2.45) is 0 Å². The van der Waals surface area contributed by atoms with Crippen molar-refractivity contribution in [3.05, 3.63) is 68.2 Å². The summed E-state index contributed by atoms with van der Waals surface area (Å²) in [4.78, 5) is 22.7. The van der Waals surface area contributed by atoms with E-state index in [0.29, 0.717) is 27.1 Å². The van der Waals surface area contributed by atoms with Crippen molar-refractivity contribution >= 4 is 33.5 Å². The molecule has 0 amide bonds. The number of hydrogen-bond donors (Lipinski definition) is 0. The minimum atomic E-state index is -0.482. The van der Waals surface area contributed by atoms with E-state index in [-0.39, 0.29) is 11.5 Å². The van der Waals surface area contributed by atoms with E-state index < -0.39 is 4.92 Å². The predicted octanol–water partition coefficient (Wildman–Crippen LogP) is 4.27. The fraction of sp³-hybridized carbons (Fsp3) is 0.118. The number of allylic oxidation sites excluding steroid dienone is 1. The van der Waals surface area contributed by atoms with Crippen LogP contribution in [-0.4, -0.2) is 24.9 Å². The van der Waals surface area contributed by atoms with Crippen LogP contribution in [0, 0.1) is 10.1 Å². The summed E-state index contributed by atoms with van der Waals surface area (Å²) in [7, 11) is 2.99. The summed E-state index contributed by atoms with van der Waals surface area (Å²) < 4.78 is 10.9. The van der Waals surface area contributed by atoms with Crippen LogP contribution in [0.25, 0.3) is 6.08 Å². The van der Waals surface area contributed by atoms with Gasteiger partial charge in [-0.05, 0) is 39.7 Å². The third-order valence-electron chi connectivity index (χ3n) is 3.25. The van der Waals surface area contributed by atoms with E-state index in [1.165, 1.54) is 38.5 Å². The maximum atomic E-state index is 12.4. The maximum Gasteiger partial charge on any atom is 0.270 e. The lowest BCUT2D eigenvalue weighted by Crippen LogP contribution is -1.99. The molecule has 0 atom stereocenters. The van der Waals surface area contributed by atoms with Crippen molar-refractivity contribution in [3.8, 4) is 11.5 Å². The zero-order valence-corrected chi connectivity index (χ0v) is 14.6. The number of nitrogens with zero attached hydrogens (tertiary/aromatic N) is 1. The average Bonchev–Trinajstić information content (AvgIpc) is 2.59. The molecule has 2 aromatic carbocycles. The van der Waals surface area contributed by atoms with E-state index in [4.69, 9.17) is 9.47 Å². The van der Waals surface area contributed by atoms with Gasteiger partial charge >= 0.3 is 0 Å². The fourth-order valence-electron chi connectivity index (χ4n) is 2.05. The lowest BCUT2D eigenvalue weighted by Gasteiger charge is -2.10. The second kappa shape index (κ2) is 7.74. The minimum absolute atomic E-state index is 0.0307. The molecule has 0 aliphatic carbocycles. The number of halogens is 1. The molecule has 0 saturated carbocycles. The second-order valence-electron chi connectivity index (χ2n) is 4.74. The lowest BCUT2D eigenvalue weighted by atomic mass is 10.1. The number of benzene rings is 2. The molecule has 0 heterocycles. The molecule has 0 fully saturated rings. The highest BCUT2D eigenvalue weighted by atomic mass is 79.9. The molecule has 0 aliphatic rings. The Morgan fingerprint density at radius 2 is 1.83 bits per heavy atom. The molecule has 7 heteroatoms. The number of hydrogen-bond acceptors (Lipinski definition) is 5. The van der Waals surface area contributed by atoms with Gasteiger partial charge in [0.2, 0.25) is 0 Å². The summed E-state index contributed by atoms with van der Waals surface area (Å²) in [5.74, 6) is 0.672. The molecular weight excluding hydrogens is 378 g/mol. The summed E-state index contributed by atoms with van der Waals surface area (Å²) in [6.45, 7) is 0. The quantitative estimate of drug-likeness (QED) is 0.318. The van der Waals surface area contributed by atoms with Gasteiger partial charge in [-0.1, -0.05) is 18.2 Å². The second-order valence-corrected chi connectivity index (χ2v) is 5.59. The summed E-state index contributed by atoms with van der Waals surface area (Å²) in [6, 6.07) is 9.25. The van der Waals surface area contributed by atoms with Crippen LogP contribution in [0.5, 0.6) is 11.5 Å². The van der Waals surface area contributed by atoms with Crippen molar-refractivity contribution in [2.75, 3.05) is 14.2 Å². The highest BCUT2D eigenvalue weighted by molar-refractivity contribution is 9.10. The SMILES string of the molecule is COc1cc(Br)c(C(=O)C=Cc2cccc([N+](=O)[O-])c2)cc1OC. The first-order valence-electron chi connectivity index (χ1n) is 6.84. The molecule has 0 bridgehead atoms. The molecule has 2 aromatic rings. The van der Waals surface area contributed by atoms with E-state index in [2.05, 4.69) is 15.9 Å². The van der Waals surface area contributed by atoms with Gasteiger partial charge in [-0.3, -0.25) is 14.9 Å². The normalized spacial score (nSPS) is 10.6. The van der Waals surface area contributed by atoms with E-state index in [9.17, 15) is 14.9 Å². The van der Waals surface area contributed by atoms with Crippen molar-refractivity contribution in [2.45, 2.75) is 0 Å². The number of ether oxygens (including phenoxy) is 2. The highest BCUT2D eigenvalue weighted by Crippen LogP contribution is 2.33. The van der Waals surface area contributed by atoms with Crippen LogP contribution >= 0.6 is 15.9 Å². The van der Waals surface area contributed by atoms with Gasteiger partial charge in [0.15, 0.2) is 17.3 Å². The Balaban J connectivity index is 2.29. The molecular formula is C17H14BrNO5. The van der Waals surface area contributed by atoms with E-state index >= 15 is 0 Å². The third-order valence-corrected chi connectivity index (χ3v) is 3.90. The molecule has 24 heavy (non-hydrogen) atoms. The third kappa shape index (κ3) is 3.99. The number of methoxy groups -OCH3 is 2. The van der Waals surface area contributed by atoms with Gasteiger partial charge in [0, 0.05) is 22.2 Å². The zero-order valence-electron chi connectivity index (χ0n) is 13.0. The maximum absolute atomic E-state index is 12.4. The molecule has 0 radical (unpaired) electrons. The average molecular weight is 392 g/mol. The van der Waals surface area contributed by atoms with Gasteiger partial charge in [0.1, 0.15) is 0 Å². The first kappa shape index (κ1) is 17.7. The summed E-state index contributed by atoms with van der Waals surface area (Å²) >= 11 is 3.33. The minimum Gasteiger partial charge on any atom is -0.493 e. The Morgan fingerprint density at radius 1 is 1.17 bits per heavy atom. The fourth-order valence-corrected chi connectivity index (χ4v) is 2.56. The first-order chi connectivity index (χ1) is 11.5. The van der Waals surface area contributed by atoms with Crippen LogP contribution < -0.4 is 9.47 Å². The number of carbonyl (C=O) groups is 1. The summed E-state index contributed by atoms with van der Waals surface area (Å²) in [5.41, 5.74) is 0.931. The Hall–Kier alpha value is -2.67. The standard InChI is InChI=1S/C17H14BrNO5/c1-23-16-9-13(14(18)10-17(16)24-2)15(20)7-6-11-4-3-5-12(8-11)19(21)22/h3-10H,1-2H3. The number of ketones is 1. The topological polar surface area (TPSA) is 78.7 Å². The molecule has 0 N–H and O–H groups in total. The van der Waals surface area contributed by atoms with Gasteiger partial charge in [0.05, 0.1) is 19.1 Å². The number of nitro groups is 1. The van der Waals surface area contributed by atoms with E-state index in [1.54, 1.807) is 24.3 Å². The zero-order chi connectivity index (χ0) is 17.7. The van der Waals surface area contributed by atoms with Gasteiger partial charge in [-0.2, -0.15) is 0 Å². The monoisotopic (exact) mass is 391 g/mol. The molecule has 2 rings (SSSR count). The molecule has 0 unspecified atom stereocenters. The Morgan fingerprint density at radius 3 is 2.46 bits per heavy atom. The molecule has 124 valence electrons. The smallest absolute Gasteiger partial charge is 0.270 e. The predicted molar refractivity (Wildman–Crippen MR) is 93.7 cm³/mol. The van der Waals surface area contributed by atoms with Crippen molar-refractivity contribution in [1.82, 2.24) is 0 Å². The number of non-ortho nitro benzene ring substituents is 1. The van der Waals surface area contributed by atoms with Crippen LogP contribution in [0.3, 0.4) is 0 Å². The van der Waals surface area contributed by atoms with Crippen LogP contribution in [-0.2, 0) is 0 Å². The van der Waals surface area contributed by atoms with Crippen LogP contribution in [0.15, 0.2) is 46.9 Å². The van der Waals surface area contributed by atoms with Crippen molar-refractivity contribution in [1.29, 1.82) is 0 Å². The Kier molecular flexibility index (Phi) is 5.70. The highest BCUT2D eigenvalue weighted by Gasteiger charge is 2.14. The van der Waals surface area contributed by atoms with Crippen molar-refractivity contribution in [3.63, 3.8) is 0 Å². The number of rotatable bonds is 6. The first-order valence-corrected chi connectivity index (χ1v) is 7.64. The van der Waals surface area contributed by atoms with Crippen molar-refractivity contribution < 1.29 is 19.2 Å². The molecule has 6 nitrogen and oxygen atoms in total. The van der Waals surface area contributed by atoms with Gasteiger partial charge in [-0.15, -0.1) is 0 Å². The molecule has 0 aliphatic heterocycles. The van der Waals surface area contributed by atoms with Gasteiger partial charge in [0.25, 0.3) is 5.69 Å². The summed E-state index contributed by atoms with van der Waals surface area (Å²) in [6.07, 6.45) is 2.88. The lowest BCUT2D eigenvalue weighted by molar-refractivity contribution is -0.384.